The molecule has 1 amide bonds. The summed E-state index contributed by atoms with van der Waals surface area (Å²) in [5.74, 6) is -0.858. The summed E-state index contributed by atoms with van der Waals surface area (Å²) in [6.07, 6.45) is 1.08. The van der Waals surface area contributed by atoms with Gasteiger partial charge in [-0.1, -0.05) is 0 Å². The van der Waals surface area contributed by atoms with Gasteiger partial charge in [0.05, 0.1) is 5.56 Å². The zero-order chi connectivity index (χ0) is 11.0. The molecule has 0 saturated carbocycles. The van der Waals surface area contributed by atoms with Crippen LogP contribution < -0.4 is 4.90 Å². The summed E-state index contributed by atoms with van der Waals surface area (Å²) in [4.78, 5) is 23.7. The number of amides is 1. The van der Waals surface area contributed by atoms with Gasteiger partial charge in [-0.3, -0.25) is 4.79 Å². The van der Waals surface area contributed by atoms with Crippen LogP contribution in [0.3, 0.4) is 0 Å². The van der Waals surface area contributed by atoms with Crippen molar-refractivity contribution in [2.24, 2.45) is 0 Å². The van der Waals surface area contributed by atoms with Crippen LogP contribution in [-0.4, -0.2) is 24.0 Å². The van der Waals surface area contributed by atoms with Gasteiger partial charge in [-0.2, -0.15) is 0 Å². The van der Waals surface area contributed by atoms with Crippen LogP contribution in [0.2, 0.25) is 0 Å². The van der Waals surface area contributed by atoms with E-state index in [-0.39, 0.29) is 11.5 Å². The van der Waals surface area contributed by atoms with Gasteiger partial charge in [0.15, 0.2) is 0 Å². The molecular formula is C11H11NO3. The lowest BCUT2D eigenvalue weighted by atomic mass is 9.99. The molecule has 1 aliphatic heterocycles. The standard InChI is InChI=1S/C11H11NO3/c1-12-9-4-2-8(11(14)15)6-7(9)3-5-10(12)13/h2,4,6H,3,5H2,1H3,(H,14,15). The second-order valence-electron chi connectivity index (χ2n) is 3.60. The van der Waals surface area contributed by atoms with Gasteiger partial charge in [-0.05, 0) is 30.2 Å². The van der Waals surface area contributed by atoms with Gasteiger partial charge in [0.25, 0.3) is 0 Å². The molecule has 1 heterocycles. The number of anilines is 1. The lowest BCUT2D eigenvalue weighted by Crippen LogP contribution is -2.31. The fourth-order valence-electron chi connectivity index (χ4n) is 1.79. The topological polar surface area (TPSA) is 57.6 Å². The fourth-order valence-corrected chi connectivity index (χ4v) is 1.79. The van der Waals surface area contributed by atoms with Crippen molar-refractivity contribution in [1.82, 2.24) is 0 Å². The number of hydrogen-bond acceptors (Lipinski definition) is 2. The summed E-state index contributed by atoms with van der Waals surface area (Å²) in [5.41, 5.74) is 2.02. The Balaban J connectivity index is 2.47. The van der Waals surface area contributed by atoms with Crippen molar-refractivity contribution in [2.45, 2.75) is 12.8 Å². The number of aryl methyl sites for hydroxylation is 1. The Morgan fingerprint density at radius 3 is 2.80 bits per heavy atom. The van der Waals surface area contributed by atoms with Gasteiger partial charge in [0.2, 0.25) is 5.91 Å². The highest BCUT2D eigenvalue weighted by Crippen LogP contribution is 2.27. The number of fused-ring (bicyclic) bond motifs is 1. The molecule has 2 rings (SSSR count). The molecule has 0 aromatic heterocycles. The molecule has 15 heavy (non-hydrogen) atoms. The van der Waals surface area contributed by atoms with Gasteiger partial charge >= 0.3 is 5.97 Å². The van der Waals surface area contributed by atoms with Gasteiger partial charge in [0, 0.05) is 19.2 Å². The molecule has 1 aromatic carbocycles. The maximum atomic E-state index is 11.4. The number of rotatable bonds is 1. The lowest BCUT2D eigenvalue weighted by Gasteiger charge is -2.25. The van der Waals surface area contributed by atoms with Crippen molar-refractivity contribution in [3.8, 4) is 0 Å². The minimum absolute atomic E-state index is 0.0746. The SMILES string of the molecule is CN1C(=O)CCc2cc(C(=O)O)ccc21. The van der Waals surface area contributed by atoms with Crippen LogP contribution in [0.25, 0.3) is 0 Å². The second-order valence-corrected chi connectivity index (χ2v) is 3.60. The molecule has 0 saturated heterocycles. The van der Waals surface area contributed by atoms with Crippen molar-refractivity contribution in [1.29, 1.82) is 0 Å². The Morgan fingerprint density at radius 2 is 2.13 bits per heavy atom. The van der Waals surface area contributed by atoms with Crippen LogP contribution in [0.1, 0.15) is 22.3 Å². The van der Waals surface area contributed by atoms with Gasteiger partial charge in [-0.15, -0.1) is 0 Å². The highest BCUT2D eigenvalue weighted by Gasteiger charge is 2.21. The summed E-state index contributed by atoms with van der Waals surface area (Å²) < 4.78 is 0. The minimum Gasteiger partial charge on any atom is -0.478 e. The van der Waals surface area contributed by atoms with Gasteiger partial charge in [0.1, 0.15) is 0 Å². The van der Waals surface area contributed by atoms with E-state index in [2.05, 4.69) is 0 Å². The van der Waals surface area contributed by atoms with Crippen LogP contribution in [0.15, 0.2) is 18.2 Å². The number of carboxylic acids is 1. The molecule has 4 nitrogen and oxygen atoms in total. The molecule has 78 valence electrons. The number of carbonyl (C=O) groups excluding carboxylic acids is 1. The Morgan fingerprint density at radius 1 is 1.40 bits per heavy atom. The van der Waals surface area contributed by atoms with Crippen molar-refractivity contribution in [3.05, 3.63) is 29.3 Å². The number of carboxylic acid groups (broad SMARTS) is 1. The number of benzene rings is 1. The second kappa shape index (κ2) is 3.38. The van der Waals surface area contributed by atoms with Gasteiger partial charge in [-0.25, -0.2) is 4.79 Å². The summed E-state index contributed by atoms with van der Waals surface area (Å²) in [7, 11) is 1.71. The number of carbonyl (C=O) groups is 2. The monoisotopic (exact) mass is 205 g/mol. The first-order chi connectivity index (χ1) is 7.09. The van der Waals surface area contributed by atoms with Crippen molar-refractivity contribution in [3.63, 3.8) is 0 Å². The Hall–Kier alpha value is -1.84. The zero-order valence-corrected chi connectivity index (χ0v) is 8.36. The largest absolute Gasteiger partial charge is 0.478 e. The average Bonchev–Trinajstić information content (AvgIpc) is 2.23. The first-order valence-electron chi connectivity index (χ1n) is 4.72. The number of nitrogens with zero attached hydrogens (tertiary/aromatic N) is 1. The predicted molar refractivity (Wildman–Crippen MR) is 55.1 cm³/mol. The molecule has 0 fully saturated rings. The molecule has 1 aromatic rings. The van der Waals surface area contributed by atoms with Gasteiger partial charge < -0.3 is 10.0 Å². The van der Waals surface area contributed by atoms with Crippen molar-refractivity contribution in [2.75, 3.05) is 11.9 Å². The third kappa shape index (κ3) is 1.58. The average molecular weight is 205 g/mol. The molecule has 1 aliphatic rings. The molecule has 1 N–H and O–H groups in total. The maximum absolute atomic E-state index is 11.4. The highest BCUT2D eigenvalue weighted by atomic mass is 16.4. The predicted octanol–water partition coefficient (Wildman–Crippen LogP) is 1.29. The van der Waals surface area contributed by atoms with E-state index in [4.69, 9.17) is 5.11 Å². The summed E-state index contributed by atoms with van der Waals surface area (Å²) in [5, 5.41) is 8.82. The highest BCUT2D eigenvalue weighted by molar-refractivity contribution is 5.97. The fraction of sp³-hybridized carbons (Fsp3) is 0.273. The zero-order valence-electron chi connectivity index (χ0n) is 8.36. The van der Waals surface area contributed by atoms with Crippen molar-refractivity contribution < 1.29 is 14.7 Å². The molecule has 0 bridgehead atoms. The minimum atomic E-state index is -0.933. The van der Waals surface area contributed by atoms with E-state index in [1.807, 2.05) is 0 Å². The normalized spacial score (nSPS) is 15.0. The number of hydrogen-bond donors (Lipinski definition) is 1. The van der Waals surface area contributed by atoms with E-state index < -0.39 is 5.97 Å². The van der Waals surface area contributed by atoms with E-state index in [0.29, 0.717) is 12.8 Å². The smallest absolute Gasteiger partial charge is 0.335 e. The molecule has 0 aliphatic carbocycles. The third-order valence-electron chi connectivity index (χ3n) is 2.67. The molecular weight excluding hydrogens is 194 g/mol. The van der Waals surface area contributed by atoms with Crippen LogP contribution in [0.4, 0.5) is 5.69 Å². The maximum Gasteiger partial charge on any atom is 0.335 e. The van der Waals surface area contributed by atoms with E-state index >= 15 is 0 Å². The molecule has 0 unspecified atom stereocenters. The Kier molecular flexibility index (Phi) is 2.19. The van der Waals surface area contributed by atoms with Crippen molar-refractivity contribution >= 4 is 17.6 Å². The summed E-state index contributed by atoms with van der Waals surface area (Å²) in [6.45, 7) is 0. The summed E-state index contributed by atoms with van der Waals surface area (Å²) >= 11 is 0. The molecule has 0 atom stereocenters. The van der Waals surface area contributed by atoms with Crippen LogP contribution in [0.5, 0.6) is 0 Å². The van der Waals surface area contributed by atoms with E-state index in [9.17, 15) is 9.59 Å². The number of aromatic carboxylic acids is 1. The quantitative estimate of drug-likeness (QED) is 0.751. The van der Waals surface area contributed by atoms with E-state index in [0.717, 1.165) is 11.3 Å². The summed E-state index contributed by atoms with van der Waals surface area (Å²) in [6, 6.07) is 4.85. The Labute approximate surface area is 87.1 Å². The molecule has 4 heteroatoms. The molecule has 0 spiro atoms. The molecule has 0 radical (unpaired) electrons. The third-order valence-corrected chi connectivity index (χ3v) is 2.67. The van der Waals surface area contributed by atoms with Crippen LogP contribution >= 0.6 is 0 Å². The van der Waals surface area contributed by atoms with E-state index in [1.165, 1.54) is 6.07 Å². The lowest BCUT2D eigenvalue weighted by molar-refractivity contribution is -0.118. The van der Waals surface area contributed by atoms with Crippen LogP contribution in [0, 0.1) is 0 Å². The first-order valence-corrected chi connectivity index (χ1v) is 4.72. The van der Waals surface area contributed by atoms with Crippen LogP contribution in [-0.2, 0) is 11.2 Å². The first kappa shape index (κ1) is 9.71. The Bertz CT molecular complexity index is 439. The van der Waals surface area contributed by atoms with E-state index in [1.54, 1.807) is 24.1 Å².